The molecule has 3 heterocycles. The molecule has 8 nitrogen and oxygen atoms in total. The summed E-state index contributed by atoms with van der Waals surface area (Å²) in [7, 11) is 0. The Bertz CT molecular complexity index is 1320. The molecule has 0 unspecified atom stereocenters. The average molecular weight is 444 g/mol. The maximum absolute atomic E-state index is 12.5. The van der Waals surface area contributed by atoms with E-state index in [0.29, 0.717) is 31.2 Å². The van der Waals surface area contributed by atoms with Gasteiger partial charge >= 0.3 is 0 Å². The molecule has 0 aliphatic rings. The van der Waals surface area contributed by atoms with Gasteiger partial charge in [-0.25, -0.2) is 9.97 Å². The number of carbonyl (C=O) groups is 1. The minimum Gasteiger partial charge on any atom is -0.435 e. The van der Waals surface area contributed by atoms with Crippen molar-refractivity contribution in [3.63, 3.8) is 0 Å². The highest BCUT2D eigenvalue weighted by molar-refractivity contribution is 5.91. The molecule has 4 aromatic rings. The van der Waals surface area contributed by atoms with Crippen LogP contribution in [-0.2, 0) is 19.5 Å². The van der Waals surface area contributed by atoms with Crippen LogP contribution in [-0.4, -0.2) is 20.4 Å². The van der Waals surface area contributed by atoms with E-state index in [4.69, 9.17) is 10.2 Å². The van der Waals surface area contributed by atoms with Crippen molar-refractivity contribution < 1.29 is 9.21 Å². The van der Waals surface area contributed by atoms with Crippen LogP contribution in [0.15, 0.2) is 70.1 Å². The largest absolute Gasteiger partial charge is 0.435 e. The third kappa shape index (κ3) is 5.35. The van der Waals surface area contributed by atoms with Crippen molar-refractivity contribution in [3.05, 3.63) is 111 Å². The summed E-state index contributed by atoms with van der Waals surface area (Å²) >= 11 is 0. The standard InChI is InChI=1S/C25H25N5O3/c1-16-11-22(26)29-17(2)20(16)13-28-25(32)21-14-27-23(33-21)12-18-6-8-19(9-7-18)15-30-10-4-3-5-24(30)31/h3-11,14H,12-13,15H2,1-2H3,(H2,26,29)(H,28,32). The van der Waals surface area contributed by atoms with Gasteiger partial charge in [-0.2, -0.15) is 0 Å². The molecule has 168 valence electrons. The van der Waals surface area contributed by atoms with E-state index in [0.717, 1.165) is 27.9 Å². The second kappa shape index (κ2) is 9.52. The van der Waals surface area contributed by atoms with Crippen LogP contribution in [0, 0.1) is 13.8 Å². The molecule has 33 heavy (non-hydrogen) atoms. The minimum absolute atomic E-state index is 0.0369. The first-order valence-electron chi connectivity index (χ1n) is 10.6. The summed E-state index contributed by atoms with van der Waals surface area (Å²) in [6.45, 7) is 4.63. The number of aromatic nitrogens is 3. The van der Waals surface area contributed by atoms with Gasteiger partial charge in [-0.05, 0) is 48.2 Å². The topological polar surface area (TPSA) is 116 Å². The molecule has 3 aromatic heterocycles. The highest BCUT2D eigenvalue weighted by Gasteiger charge is 2.14. The van der Waals surface area contributed by atoms with E-state index in [1.807, 2.05) is 44.2 Å². The Morgan fingerprint density at radius 1 is 1.12 bits per heavy atom. The van der Waals surface area contributed by atoms with Crippen LogP contribution in [0.1, 0.15) is 44.4 Å². The molecule has 1 aromatic carbocycles. The highest BCUT2D eigenvalue weighted by atomic mass is 16.4. The van der Waals surface area contributed by atoms with Gasteiger partial charge in [0.05, 0.1) is 12.7 Å². The summed E-state index contributed by atoms with van der Waals surface area (Å²) < 4.78 is 7.31. The van der Waals surface area contributed by atoms with E-state index in [1.54, 1.807) is 29.0 Å². The number of nitrogens with two attached hydrogens (primary N) is 1. The number of carbonyl (C=O) groups excluding carboxylic acids is 1. The molecule has 0 aliphatic heterocycles. The molecule has 3 N–H and O–H groups in total. The number of pyridine rings is 2. The molecule has 0 bridgehead atoms. The Labute approximate surface area is 191 Å². The van der Waals surface area contributed by atoms with Crippen molar-refractivity contribution in [3.8, 4) is 0 Å². The van der Waals surface area contributed by atoms with Crippen LogP contribution < -0.4 is 16.6 Å². The summed E-state index contributed by atoms with van der Waals surface area (Å²) in [6.07, 6.45) is 3.66. The zero-order chi connectivity index (χ0) is 23.4. The molecule has 0 atom stereocenters. The van der Waals surface area contributed by atoms with Crippen LogP contribution in [0.2, 0.25) is 0 Å². The van der Waals surface area contributed by atoms with Gasteiger partial charge in [0.25, 0.3) is 11.5 Å². The monoisotopic (exact) mass is 443 g/mol. The van der Waals surface area contributed by atoms with Crippen LogP contribution in [0.4, 0.5) is 5.82 Å². The fourth-order valence-corrected chi connectivity index (χ4v) is 3.63. The van der Waals surface area contributed by atoms with Crippen molar-refractivity contribution in [2.45, 2.75) is 33.4 Å². The fourth-order valence-electron chi connectivity index (χ4n) is 3.63. The number of hydrogen-bond acceptors (Lipinski definition) is 6. The van der Waals surface area contributed by atoms with Gasteiger partial charge in [0.1, 0.15) is 5.82 Å². The first kappa shape index (κ1) is 22.0. The van der Waals surface area contributed by atoms with Crippen molar-refractivity contribution in [2.75, 3.05) is 5.73 Å². The molecule has 0 radical (unpaired) electrons. The van der Waals surface area contributed by atoms with Crippen LogP contribution in [0.5, 0.6) is 0 Å². The smallest absolute Gasteiger partial charge is 0.288 e. The molecule has 8 heteroatoms. The second-order valence-electron chi connectivity index (χ2n) is 7.89. The molecule has 0 saturated heterocycles. The Balaban J connectivity index is 1.36. The van der Waals surface area contributed by atoms with Crippen LogP contribution in [0.3, 0.4) is 0 Å². The predicted octanol–water partition coefficient (Wildman–Crippen LogP) is 3.00. The van der Waals surface area contributed by atoms with Gasteiger partial charge < -0.3 is 20.0 Å². The summed E-state index contributed by atoms with van der Waals surface area (Å²) in [5, 5.41) is 2.85. The van der Waals surface area contributed by atoms with E-state index >= 15 is 0 Å². The lowest BCUT2D eigenvalue weighted by molar-refractivity contribution is 0.0921. The number of aryl methyl sites for hydroxylation is 2. The summed E-state index contributed by atoms with van der Waals surface area (Å²) in [4.78, 5) is 32.8. The minimum atomic E-state index is -0.340. The maximum atomic E-state index is 12.5. The van der Waals surface area contributed by atoms with E-state index in [-0.39, 0.29) is 17.2 Å². The first-order chi connectivity index (χ1) is 15.9. The van der Waals surface area contributed by atoms with Gasteiger partial charge in [0.15, 0.2) is 5.89 Å². The number of nitrogen functional groups attached to an aromatic ring is 1. The molecule has 0 aliphatic carbocycles. The second-order valence-corrected chi connectivity index (χ2v) is 7.89. The van der Waals surface area contributed by atoms with Gasteiger partial charge in [-0.3, -0.25) is 9.59 Å². The van der Waals surface area contributed by atoms with Gasteiger partial charge in [0.2, 0.25) is 5.76 Å². The number of oxazole rings is 1. The van der Waals surface area contributed by atoms with Gasteiger partial charge in [-0.15, -0.1) is 0 Å². The number of amides is 1. The van der Waals surface area contributed by atoms with Crippen LogP contribution >= 0.6 is 0 Å². The van der Waals surface area contributed by atoms with E-state index < -0.39 is 0 Å². The fraction of sp³-hybridized carbons (Fsp3) is 0.200. The predicted molar refractivity (Wildman–Crippen MR) is 125 cm³/mol. The Morgan fingerprint density at radius 2 is 1.88 bits per heavy atom. The van der Waals surface area contributed by atoms with Crippen LogP contribution in [0.25, 0.3) is 0 Å². The molecule has 0 saturated carbocycles. The SMILES string of the molecule is Cc1cc(N)nc(C)c1CNC(=O)c1cnc(Cc2ccc(Cn3ccccc3=O)cc2)o1. The Hall–Kier alpha value is -4.20. The van der Waals surface area contributed by atoms with Crippen molar-refractivity contribution in [1.82, 2.24) is 19.9 Å². The Morgan fingerprint density at radius 3 is 2.61 bits per heavy atom. The lowest BCUT2D eigenvalue weighted by Crippen LogP contribution is -2.23. The van der Waals surface area contributed by atoms with E-state index in [9.17, 15) is 9.59 Å². The number of nitrogens with one attached hydrogen (secondary N) is 1. The zero-order valence-electron chi connectivity index (χ0n) is 18.5. The van der Waals surface area contributed by atoms with Gasteiger partial charge in [-0.1, -0.05) is 30.3 Å². The number of benzene rings is 1. The highest BCUT2D eigenvalue weighted by Crippen LogP contribution is 2.16. The molecule has 4 rings (SSSR count). The summed E-state index contributed by atoms with van der Waals surface area (Å²) in [5.41, 5.74) is 10.4. The third-order valence-corrected chi connectivity index (χ3v) is 5.41. The molecule has 1 amide bonds. The average Bonchev–Trinajstić information content (AvgIpc) is 3.24. The van der Waals surface area contributed by atoms with Gasteiger partial charge in [0, 0.05) is 30.9 Å². The zero-order valence-corrected chi connectivity index (χ0v) is 18.5. The Kier molecular flexibility index (Phi) is 6.35. The molecule has 0 fully saturated rings. The summed E-state index contributed by atoms with van der Waals surface area (Å²) in [5.74, 6) is 0.729. The number of hydrogen-bond donors (Lipinski definition) is 2. The lowest BCUT2D eigenvalue weighted by Gasteiger charge is -2.10. The van der Waals surface area contributed by atoms with E-state index in [2.05, 4.69) is 15.3 Å². The normalized spacial score (nSPS) is 10.8. The number of rotatable bonds is 7. The third-order valence-electron chi connectivity index (χ3n) is 5.41. The number of nitrogens with zero attached hydrogens (tertiary/aromatic N) is 3. The maximum Gasteiger partial charge on any atom is 0.288 e. The molecular weight excluding hydrogens is 418 g/mol. The van der Waals surface area contributed by atoms with Crippen molar-refractivity contribution >= 4 is 11.7 Å². The van der Waals surface area contributed by atoms with Crippen molar-refractivity contribution in [2.24, 2.45) is 0 Å². The summed E-state index contributed by atoms with van der Waals surface area (Å²) in [6, 6.07) is 14.8. The molecule has 0 spiro atoms. The molecular formula is C25H25N5O3. The van der Waals surface area contributed by atoms with E-state index in [1.165, 1.54) is 6.20 Å². The lowest BCUT2D eigenvalue weighted by atomic mass is 10.1. The van der Waals surface area contributed by atoms with Crippen molar-refractivity contribution in [1.29, 1.82) is 0 Å². The first-order valence-corrected chi connectivity index (χ1v) is 10.6. The number of anilines is 1. The quantitative estimate of drug-likeness (QED) is 0.454.